The number of carbonyl (C=O) groups excluding carboxylic acids is 1. The molecular weight excluding hydrogens is 220 g/mol. The molecular formula is C11H18N4O2. The highest BCUT2D eigenvalue weighted by Gasteiger charge is 2.36. The van der Waals surface area contributed by atoms with E-state index < -0.39 is 5.60 Å². The molecule has 1 aromatic rings. The van der Waals surface area contributed by atoms with Crippen LogP contribution in [0, 0.1) is 6.92 Å². The summed E-state index contributed by atoms with van der Waals surface area (Å²) in [7, 11) is 0. The Morgan fingerprint density at radius 1 is 1.41 bits per heavy atom. The highest BCUT2D eigenvalue weighted by molar-refractivity contribution is 5.69. The molecule has 0 aromatic carbocycles. The van der Waals surface area contributed by atoms with Gasteiger partial charge >= 0.3 is 6.09 Å². The Morgan fingerprint density at radius 3 is 2.53 bits per heavy atom. The van der Waals surface area contributed by atoms with Gasteiger partial charge < -0.3 is 9.64 Å². The van der Waals surface area contributed by atoms with Gasteiger partial charge in [-0.2, -0.15) is 15.4 Å². The van der Waals surface area contributed by atoms with Crippen molar-refractivity contribution in [1.82, 2.24) is 20.3 Å². The zero-order valence-electron chi connectivity index (χ0n) is 10.6. The van der Waals surface area contributed by atoms with Crippen LogP contribution in [0.25, 0.3) is 0 Å². The average molecular weight is 238 g/mol. The molecule has 0 aliphatic carbocycles. The topological polar surface area (TPSA) is 71.1 Å². The van der Waals surface area contributed by atoms with Crippen LogP contribution in [0.15, 0.2) is 0 Å². The monoisotopic (exact) mass is 238 g/mol. The smallest absolute Gasteiger partial charge is 0.410 e. The number of aromatic nitrogens is 3. The van der Waals surface area contributed by atoms with Gasteiger partial charge in [0.2, 0.25) is 0 Å². The molecule has 0 atom stereocenters. The molecule has 0 saturated carbocycles. The molecule has 6 nitrogen and oxygen atoms in total. The Balaban J connectivity index is 1.87. The number of aryl methyl sites for hydroxylation is 1. The minimum Gasteiger partial charge on any atom is -0.444 e. The van der Waals surface area contributed by atoms with Gasteiger partial charge in [0, 0.05) is 19.0 Å². The molecule has 1 saturated heterocycles. The number of nitrogens with zero attached hydrogens (tertiary/aromatic N) is 3. The molecule has 6 heteroatoms. The van der Waals surface area contributed by atoms with Crippen LogP contribution in [0.5, 0.6) is 0 Å². The molecule has 0 radical (unpaired) electrons. The zero-order valence-corrected chi connectivity index (χ0v) is 10.6. The molecule has 2 heterocycles. The Kier molecular flexibility index (Phi) is 2.81. The molecule has 0 spiro atoms. The first-order chi connectivity index (χ1) is 7.87. The van der Waals surface area contributed by atoms with Gasteiger partial charge in [0.05, 0.1) is 11.4 Å². The second kappa shape index (κ2) is 4.01. The Hall–Kier alpha value is -1.59. The lowest BCUT2D eigenvalue weighted by atomic mass is 9.96. The van der Waals surface area contributed by atoms with Crippen molar-refractivity contribution in [3.8, 4) is 0 Å². The lowest BCUT2D eigenvalue weighted by Crippen LogP contribution is -2.50. The number of aromatic amines is 1. The summed E-state index contributed by atoms with van der Waals surface area (Å²) in [5.41, 5.74) is 1.41. The Bertz CT molecular complexity index is 415. The van der Waals surface area contributed by atoms with Gasteiger partial charge in [0.1, 0.15) is 5.60 Å². The van der Waals surface area contributed by atoms with E-state index in [0.29, 0.717) is 13.1 Å². The highest BCUT2D eigenvalue weighted by atomic mass is 16.6. The third-order valence-electron chi connectivity index (χ3n) is 2.68. The first-order valence-electron chi connectivity index (χ1n) is 5.72. The molecule has 1 fully saturated rings. The fraction of sp³-hybridized carbons (Fsp3) is 0.727. The summed E-state index contributed by atoms with van der Waals surface area (Å²) in [6.45, 7) is 8.82. The van der Waals surface area contributed by atoms with Crippen LogP contribution in [-0.4, -0.2) is 45.1 Å². The van der Waals surface area contributed by atoms with E-state index in [1.807, 2.05) is 27.7 Å². The molecule has 0 unspecified atom stereocenters. The molecule has 0 bridgehead atoms. The van der Waals surface area contributed by atoms with Crippen molar-refractivity contribution in [3.05, 3.63) is 11.4 Å². The number of nitrogens with one attached hydrogen (secondary N) is 1. The largest absolute Gasteiger partial charge is 0.444 e. The van der Waals surface area contributed by atoms with Gasteiger partial charge in [-0.15, -0.1) is 0 Å². The van der Waals surface area contributed by atoms with Crippen LogP contribution in [0.4, 0.5) is 4.79 Å². The minimum atomic E-state index is -0.439. The molecule has 1 N–H and O–H groups in total. The fourth-order valence-electron chi connectivity index (χ4n) is 1.81. The number of hydrogen-bond acceptors (Lipinski definition) is 4. The first-order valence-corrected chi connectivity index (χ1v) is 5.72. The number of H-pyrrole nitrogens is 1. The summed E-state index contributed by atoms with van der Waals surface area (Å²) in [6, 6.07) is 0. The number of carbonyl (C=O) groups is 1. The van der Waals surface area contributed by atoms with Crippen molar-refractivity contribution in [1.29, 1.82) is 0 Å². The summed E-state index contributed by atoms with van der Waals surface area (Å²) < 4.78 is 5.28. The molecule has 17 heavy (non-hydrogen) atoms. The van der Waals surface area contributed by atoms with E-state index >= 15 is 0 Å². The first kappa shape index (κ1) is 11.9. The summed E-state index contributed by atoms with van der Waals surface area (Å²) in [4.78, 5) is 13.4. The van der Waals surface area contributed by atoms with Gasteiger partial charge in [-0.25, -0.2) is 4.79 Å². The average Bonchev–Trinajstić information content (AvgIpc) is 2.46. The Morgan fingerprint density at radius 2 is 2.06 bits per heavy atom. The van der Waals surface area contributed by atoms with E-state index in [2.05, 4.69) is 15.4 Å². The van der Waals surface area contributed by atoms with Crippen LogP contribution < -0.4 is 0 Å². The van der Waals surface area contributed by atoms with Crippen LogP contribution in [0.2, 0.25) is 0 Å². The van der Waals surface area contributed by atoms with Crippen molar-refractivity contribution in [3.63, 3.8) is 0 Å². The van der Waals surface area contributed by atoms with Crippen LogP contribution in [-0.2, 0) is 4.74 Å². The molecule has 1 amide bonds. The quantitative estimate of drug-likeness (QED) is 0.803. The number of rotatable bonds is 1. The second-order valence-corrected chi connectivity index (χ2v) is 5.38. The maximum Gasteiger partial charge on any atom is 0.410 e. The standard InChI is InChI=1S/C11H18N4O2/c1-7-9(13-14-12-7)8-5-15(6-8)10(16)17-11(2,3)4/h8H,5-6H2,1-4H3,(H,12,13,14). The van der Waals surface area contributed by atoms with E-state index in [-0.39, 0.29) is 12.0 Å². The van der Waals surface area contributed by atoms with E-state index in [1.54, 1.807) is 4.90 Å². The maximum absolute atomic E-state index is 11.7. The zero-order chi connectivity index (χ0) is 12.6. The summed E-state index contributed by atoms with van der Waals surface area (Å²) in [5.74, 6) is 0.279. The van der Waals surface area contributed by atoms with Crippen molar-refractivity contribution in [2.24, 2.45) is 0 Å². The minimum absolute atomic E-state index is 0.255. The highest BCUT2D eigenvalue weighted by Crippen LogP contribution is 2.28. The molecule has 2 rings (SSSR count). The van der Waals surface area contributed by atoms with Crippen LogP contribution in [0.1, 0.15) is 38.1 Å². The van der Waals surface area contributed by atoms with Crippen molar-refractivity contribution < 1.29 is 9.53 Å². The van der Waals surface area contributed by atoms with Gasteiger partial charge in [0.15, 0.2) is 0 Å². The van der Waals surface area contributed by atoms with Gasteiger partial charge in [-0.1, -0.05) is 0 Å². The summed E-state index contributed by atoms with van der Waals surface area (Å²) in [6.07, 6.45) is -0.255. The summed E-state index contributed by atoms with van der Waals surface area (Å²) in [5, 5.41) is 10.7. The third-order valence-corrected chi connectivity index (χ3v) is 2.68. The number of likely N-dealkylation sites (tertiary alicyclic amines) is 1. The third kappa shape index (κ3) is 2.57. The van der Waals surface area contributed by atoms with Gasteiger partial charge in [-0.05, 0) is 27.7 Å². The number of hydrogen-bond donors (Lipinski definition) is 1. The number of ether oxygens (including phenoxy) is 1. The van der Waals surface area contributed by atoms with E-state index in [0.717, 1.165) is 11.4 Å². The lowest BCUT2D eigenvalue weighted by molar-refractivity contribution is 0.00781. The predicted octanol–water partition coefficient (Wildman–Crippen LogP) is 1.45. The van der Waals surface area contributed by atoms with Crippen molar-refractivity contribution in [2.45, 2.75) is 39.2 Å². The Labute approximate surface area is 100 Å². The molecule has 1 aliphatic rings. The molecule has 1 aliphatic heterocycles. The lowest BCUT2D eigenvalue weighted by Gasteiger charge is -2.39. The summed E-state index contributed by atoms with van der Waals surface area (Å²) >= 11 is 0. The van der Waals surface area contributed by atoms with Crippen molar-refractivity contribution in [2.75, 3.05) is 13.1 Å². The van der Waals surface area contributed by atoms with Gasteiger partial charge in [0.25, 0.3) is 0 Å². The predicted molar refractivity (Wildman–Crippen MR) is 61.7 cm³/mol. The maximum atomic E-state index is 11.7. The van der Waals surface area contributed by atoms with Gasteiger partial charge in [-0.3, -0.25) is 0 Å². The fourth-order valence-corrected chi connectivity index (χ4v) is 1.81. The van der Waals surface area contributed by atoms with E-state index in [4.69, 9.17) is 4.74 Å². The number of amides is 1. The normalized spacial score (nSPS) is 16.8. The molecule has 94 valence electrons. The second-order valence-electron chi connectivity index (χ2n) is 5.38. The molecule has 1 aromatic heterocycles. The van der Waals surface area contributed by atoms with E-state index in [1.165, 1.54) is 0 Å². The van der Waals surface area contributed by atoms with Crippen molar-refractivity contribution >= 4 is 6.09 Å². The van der Waals surface area contributed by atoms with Crippen LogP contribution in [0.3, 0.4) is 0 Å². The SMILES string of the molecule is Cc1n[nH]nc1C1CN(C(=O)OC(C)(C)C)C1. The van der Waals surface area contributed by atoms with Crippen LogP contribution >= 0.6 is 0 Å². The van der Waals surface area contributed by atoms with E-state index in [9.17, 15) is 4.79 Å².